The molecular weight excluding hydrogens is 233 g/mol. The zero-order valence-electron chi connectivity index (χ0n) is 8.71. The molecule has 0 bridgehead atoms. The van der Waals surface area contributed by atoms with Gasteiger partial charge in [-0.3, -0.25) is 9.79 Å². The third-order valence-electron chi connectivity index (χ3n) is 2.31. The Morgan fingerprint density at radius 3 is 2.65 bits per heavy atom. The number of carbonyl (C=O) groups is 1. The monoisotopic (exact) mass is 242 g/mol. The number of rotatable bonds is 1. The number of benzene rings is 1. The second kappa shape index (κ2) is 4.20. The normalized spacial score (nSPS) is 18.5. The number of hydrogen-bond acceptors (Lipinski definition) is 2. The Balaban J connectivity index is 2.25. The molecule has 0 spiro atoms. The van der Waals surface area contributed by atoms with Crippen LogP contribution in [0.15, 0.2) is 29.3 Å². The molecule has 1 aliphatic rings. The molecule has 0 aliphatic carbocycles. The minimum Gasteiger partial charge on any atom is -0.350 e. The van der Waals surface area contributed by atoms with Gasteiger partial charge in [-0.25, -0.2) is 0 Å². The maximum atomic E-state index is 12.4. The van der Waals surface area contributed by atoms with E-state index in [4.69, 9.17) is 0 Å². The molecule has 0 saturated carbocycles. The third-order valence-corrected chi connectivity index (χ3v) is 2.31. The molecule has 6 heteroatoms. The van der Waals surface area contributed by atoms with Crippen LogP contribution >= 0.6 is 0 Å². The molecule has 0 atom stereocenters. The second-order valence-corrected chi connectivity index (χ2v) is 3.68. The van der Waals surface area contributed by atoms with Gasteiger partial charge in [0.05, 0.1) is 24.2 Å². The van der Waals surface area contributed by atoms with Gasteiger partial charge in [0.25, 0.3) is 0 Å². The lowest BCUT2D eigenvalue weighted by molar-refractivity contribution is -0.137. The molecule has 2 rings (SSSR count). The van der Waals surface area contributed by atoms with Gasteiger partial charge in [0.1, 0.15) is 0 Å². The summed E-state index contributed by atoms with van der Waals surface area (Å²) in [4.78, 5) is 14.9. The molecule has 1 fully saturated rings. The van der Waals surface area contributed by atoms with E-state index >= 15 is 0 Å². The Morgan fingerprint density at radius 2 is 2.06 bits per heavy atom. The summed E-state index contributed by atoms with van der Waals surface area (Å²) in [5.74, 6) is -0.157. The SMILES string of the molecule is O=C1CC(=Nc2cccc(C(F)(F)F)c2)CN1. The first-order valence-electron chi connectivity index (χ1n) is 4.95. The number of hydrogen-bond donors (Lipinski definition) is 1. The van der Waals surface area contributed by atoms with Crippen LogP contribution < -0.4 is 5.32 Å². The van der Waals surface area contributed by atoms with E-state index in [0.717, 1.165) is 12.1 Å². The number of alkyl halides is 3. The van der Waals surface area contributed by atoms with Crippen molar-refractivity contribution in [2.24, 2.45) is 4.99 Å². The van der Waals surface area contributed by atoms with Gasteiger partial charge in [0.15, 0.2) is 0 Å². The van der Waals surface area contributed by atoms with Crippen molar-refractivity contribution >= 4 is 17.3 Å². The molecule has 0 unspecified atom stereocenters. The van der Waals surface area contributed by atoms with Crippen molar-refractivity contribution in [1.82, 2.24) is 5.32 Å². The summed E-state index contributed by atoms with van der Waals surface area (Å²) in [7, 11) is 0. The number of halogens is 3. The van der Waals surface area contributed by atoms with Crippen molar-refractivity contribution in [1.29, 1.82) is 0 Å². The highest BCUT2D eigenvalue weighted by Crippen LogP contribution is 2.31. The molecule has 17 heavy (non-hydrogen) atoms. The van der Waals surface area contributed by atoms with Gasteiger partial charge in [-0.15, -0.1) is 0 Å². The van der Waals surface area contributed by atoms with Crippen molar-refractivity contribution in [3.05, 3.63) is 29.8 Å². The van der Waals surface area contributed by atoms with Crippen LogP contribution in [0.1, 0.15) is 12.0 Å². The molecule has 1 heterocycles. The van der Waals surface area contributed by atoms with E-state index in [1.807, 2.05) is 0 Å². The van der Waals surface area contributed by atoms with E-state index in [9.17, 15) is 18.0 Å². The lowest BCUT2D eigenvalue weighted by atomic mass is 10.2. The topological polar surface area (TPSA) is 41.5 Å². The van der Waals surface area contributed by atoms with Crippen molar-refractivity contribution < 1.29 is 18.0 Å². The molecule has 1 aliphatic heterocycles. The number of nitrogens with one attached hydrogen (secondary N) is 1. The first kappa shape index (κ1) is 11.6. The van der Waals surface area contributed by atoms with Crippen molar-refractivity contribution in [3.8, 4) is 0 Å². The number of carbonyl (C=O) groups excluding carboxylic acids is 1. The second-order valence-electron chi connectivity index (χ2n) is 3.68. The Labute approximate surface area is 95.4 Å². The van der Waals surface area contributed by atoms with E-state index in [1.165, 1.54) is 12.1 Å². The maximum absolute atomic E-state index is 12.4. The summed E-state index contributed by atoms with van der Waals surface area (Å²) in [5, 5.41) is 2.54. The molecule has 1 aromatic carbocycles. The van der Waals surface area contributed by atoms with Gasteiger partial charge in [-0.2, -0.15) is 13.2 Å². The largest absolute Gasteiger partial charge is 0.416 e. The first-order chi connectivity index (χ1) is 7.95. The van der Waals surface area contributed by atoms with Crippen molar-refractivity contribution in [3.63, 3.8) is 0 Å². The molecule has 1 amide bonds. The molecule has 3 nitrogen and oxygen atoms in total. The Morgan fingerprint density at radius 1 is 1.29 bits per heavy atom. The third kappa shape index (κ3) is 2.83. The average Bonchev–Trinajstić information content (AvgIpc) is 2.63. The van der Waals surface area contributed by atoms with Crippen LogP contribution in [0.3, 0.4) is 0 Å². The molecular formula is C11H9F3N2O. The van der Waals surface area contributed by atoms with Crippen LogP contribution in [-0.4, -0.2) is 18.2 Å². The van der Waals surface area contributed by atoms with E-state index in [0.29, 0.717) is 12.3 Å². The Hall–Kier alpha value is -1.85. The zero-order chi connectivity index (χ0) is 12.5. The summed E-state index contributed by atoms with van der Waals surface area (Å²) in [5.41, 5.74) is 0.0253. The highest BCUT2D eigenvalue weighted by molar-refractivity contribution is 6.09. The summed E-state index contributed by atoms with van der Waals surface area (Å²) < 4.78 is 37.3. The fourth-order valence-corrected chi connectivity index (χ4v) is 1.52. The van der Waals surface area contributed by atoms with Crippen molar-refractivity contribution in [2.75, 3.05) is 6.54 Å². The molecule has 1 aromatic rings. The molecule has 1 N–H and O–H groups in total. The standard InChI is InChI=1S/C11H9F3N2O/c12-11(13,14)7-2-1-3-8(4-7)16-9-5-10(17)15-6-9/h1-4H,5-6H2,(H,15,17). The van der Waals surface area contributed by atoms with Crippen LogP contribution in [0.2, 0.25) is 0 Å². The molecule has 90 valence electrons. The van der Waals surface area contributed by atoms with E-state index in [-0.39, 0.29) is 18.0 Å². The predicted octanol–water partition coefficient (Wildman–Crippen LogP) is 2.30. The molecule has 1 saturated heterocycles. The lowest BCUT2D eigenvalue weighted by Gasteiger charge is -2.06. The first-order valence-corrected chi connectivity index (χ1v) is 4.95. The van der Waals surface area contributed by atoms with Gasteiger partial charge in [-0.05, 0) is 18.2 Å². The average molecular weight is 242 g/mol. The molecule has 0 aromatic heterocycles. The van der Waals surface area contributed by atoms with E-state index in [2.05, 4.69) is 10.3 Å². The Kier molecular flexibility index (Phi) is 2.87. The van der Waals surface area contributed by atoms with Gasteiger partial charge in [0.2, 0.25) is 5.91 Å². The smallest absolute Gasteiger partial charge is 0.350 e. The lowest BCUT2D eigenvalue weighted by Crippen LogP contribution is -2.13. The quantitative estimate of drug-likeness (QED) is 0.806. The van der Waals surface area contributed by atoms with Gasteiger partial charge >= 0.3 is 6.18 Å². The predicted molar refractivity (Wildman–Crippen MR) is 56.2 cm³/mol. The fraction of sp³-hybridized carbons (Fsp3) is 0.273. The highest BCUT2D eigenvalue weighted by atomic mass is 19.4. The summed E-state index contributed by atoms with van der Waals surface area (Å²) in [6.07, 6.45) is -4.23. The minimum atomic E-state index is -4.38. The van der Waals surface area contributed by atoms with Crippen molar-refractivity contribution in [2.45, 2.75) is 12.6 Å². The van der Waals surface area contributed by atoms with E-state index in [1.54, 1.807) is 0 Å². The van der Waals surface area contributed by atoms with Gasteiger partial charge in [-0.1, -0.05) is 6.07 Å². The van der Waals surface area contributed by atoms with Crippen LogP contribution in [0.4, 0.5) is 18.9 Å². The van der Waals surface area contributed by atoms with Gasteiger partial charge < -0.3 is 5.32 Å². The Bertz CT molecular complexity index is 480. The summed E-state index contributed by atoms with van der Waals surface area (Å²) >= 11 is 0. The maximum Gasteiger partial charge on any atom is 0.416 e. The van der Waals surface area contributed by atoms with Crippen LogP contribution in [-0.2, 0) is 11.0 Å². The van der Waals surface area contributed by atoms with Crippen LogP contribution in [0, 0.1) is 0 Å². The van der Waals surface area contributed by atoms with Crippen LogP contribution in [0.25, 0.3) is 0 Å². The van der Waals surface area contributed by atoms with Gasteiger partial charge in [0, 0.05) is 5.71 Å². The fourth-order valence-electron chi connectivity index (χ4n) is 1.52. The number of nitrogens with zero attached hydrogens (tertiary/aromatic N) is 1. The number of amides is 1. The minimum absolute atomic E-state index is 0.149. The van der Waals surface area contributed by atoms with Crippen LogP contribution in [0.5, 0.6) is 0 Å². The summed E-state index contributed by atoms with van der Waals surface area (Å²) in [6, 6.07) is 4.73. The number of aliphatic imine (C=N–C) groups is 1. The molecule has 0 radical (unpaired) electrons. The highest BCUT2D eigenvalue weighted by Gasteiger charge is 2.30. The zero-order valence-corrected chi connectivity index (χ0v) is 8.71. The summed E-state index contributed by atoms with van der Waals surface area (Å²) in [6.45, 7) is 0.301. The van der Waals surface area contributed by atoms with E-state index < -0.39 is 11.7 Å².